The van der Waals surface area contributed by atoms with Crippen molar-refractivity contribution < 1.29 is 4.79 Å². The van der Waals surface area contributed by atoms with Gasteiger partial charge in [0, 0.05) is 34.9 Å². The molecule has 0 aliphatic carbocycles. The summed E-state index contributed by atoms with van der Waals surface area (Å²) < 4.78 is 0. The number of aromatic nitrogens is 4. The van der Waals surface area contributed by atoms with E-state index in [2.05, 4.69) is 30.6 Å². The SMILES string of the molecule is O=C(Nc1cccc(Nc2ncccn2)c1)c1ccc(-c2nc3ccccc3[nH]2)cc1. The molecule has 7 heteroatoms. The second-order valence-electron chi connectivity index (χ2n) is 6.91. The molecule has 31 heavy (non-hydrogen) atoms. The molecule has 0 saturated carbocycles. The third-order valence-corrected chi connectivity index (χ3v) is 4.75. The molecule has 3 N–H and O–H groups in total. The molecular formula is C24H18N6O. The van der Waals surface area contributed by atoms with E-state index >= 15 is 0 Å². The van der Waals surface area contributed by atoms with Gasteiger partial charge >= 0.3 is 0 Å². The maximum absolute atomic E-state index is 12.7. The summed E-state index contributed by atoms with van der Waals surface area (Å²) in [6, 6.07) is 24.4. The van der Waals surface area contributed by atoms with Crippen molar-refractivity contribution in [2.45, 2.75) is 0 Å². The molecule has 2 heterocycles. The number of benzene rings is 3. The van der Waals surface area contributed by atoms with Crippen LogP contribution >= 0.6 is 0 Å². The van der Waals surface area contributed by atoms with Crippen LogP contribution in [-0.4, -0.2) is 25.8 Å². The lowest BCUT2D eigenvalue weighted by Crippen LogP contribution is -2.11. The van der Waals surface area contributed by atoms with Crippen LogP contribution in [0, 0.1) is 0 Å². The molecule has 0 aliphatic rings. The second kappa shape index (κ2) is 8.08. The number of imidazole rings is 1. The van der Waals surface area contributed by atoms with Gasteiger partial charge in [-0.3, -0.25) is 4.79 Å². The van der Waals surface area contributed by atoms with Gasteiger partial charge in [-0.1, -0.05) is 30.3 Å². The van der Waals surface area contributed by atoms with Crippen molar-refractivity contribution in [1.29, 1.82) is 0 Å². The number of hydrogen-bond donors (Lipinski definition) is 3. The fraction of sp³-hybridized carbons (Fsp3) is 0. The maximum Gasteiger partial charge on any atom is 0.255 e. The highest BCUT2D eigenvalue weighted by Gasteiger charge is 2.09. The van der Waals surface area contributed by atoms with E-state index in [9.17, 15) is 4.79 Å². The zero-order chi connectivity index (χ0) is 21.0. The lowest BCUT2D eigenvalue weighted by molar-refractivity contribution is 0.102. The van der Waals surface area contributed by atoms with E-state index in [1.54, 1.807) is 30.6 Å². The topological polar surface area (TPSA) is 95.6 Å². The number of carbonyl (C=O) groups excluding carboxylic acids is 1. The van der Waals surface area contributed by atoms with Crippen LogP contribution in [0.15, 0.2) is 91.3 Å². The van der Waals surface area contributed by atoms with Gasteiger partial charge in [0.05, 0.1) is 11.0 Å². The van der Waals surface area contributed by atoms with Crippen LogP contribution in [-0.2, 0) is 0 Å². The minimum atomic E-state index is -0.190. The summed E-state index contributed by atoms with van der Waals surface area (Å²) in [6.07, 6.45) is 3.33. The van der Waals surface area contributed by atoms with Crippen molar-refractivity contribution >= 4 is 34.3 Å². The fourth-order valence-electron chi connectivity index (χ4n) is 3.24. The molecule has 0 aliphatic heterocycles. The number of carbonyl (C=O) groups is 1. The Labute approximate surface area is 178 Å². The van der Waals surface area contributed by atoms with E-state index in [4.69, 9.17) is 0 Å². The van der Waals surface area contributed by atoms with Gasteiger partial charge < -0.3 is 15.6 Å². The first-order valence-electron chi connectivity index (χ1n) is 9.75. The lowest BCUT2D eigenvalue weighted by atomic mass is 10.1. The number of fused-ring (bicyclic) bond motifs is 1. The molecule has 0 atom stereocenters. The van der Waals surface area contributed by atoms with Crippen molar-refractivity contribution in [3.8, 4) is 11.4 Å². The van der Waals surface area contributed by atoms with Gasteiger partial charge in [-0.25, -0.2) is 15.0 Å². The lowest BCUT2D eigenvalue weighted by Gasteiger charge is -2.09. The van der Waals surface area contributed by atoms with Crippen LogP contribution in [0.2, 0.25) is 0 Å². The Morgan fingerprint density at radius 2 is 1.58 bits per heavy atom. The van der Waals surface area contributed by atoms with Crippen LogP contribution in [0.25, 0.3) is 22.4 Å². The molecule has 0 unspecified atom stereocenters. The summed E-state index contributed by atoms with van der Waals surface area (Å²) in [7, 11) is 0. The number of H-pyrrole nitrogens is 1. The number of anilines is 3. The Morgan fingerprint density at radius 1 is 0.806 bits per heavy atom. The molecule has 0 bridgehead atoms. The zero-order valence-electron chi connectivity index (χ0n) is 16.4. The number of nitrogens with zero attached hydrogens (tertiary/aromatic N) is 3. The Morgan fingerprint density at radius 3 is 2.39 bits per heavy atom. The monoisotopic (exact) mass is 406 g/mol. The van der Waals surface area contributed by atoms with Crippen molar-refractivity contribution in [2.75, 3.05) is 10.6 Å². The smallest absolute Gasteiger partial charge is 0.255 e. The molecule has 0 saturated heterocycles. The molecular weight excluding hydrogens is 388 g/mol. The first-order chi connectivity index (χ1) is 15.2. The largest absolute Gasteiger partial charge is 0.338 e. The molecule has 3 aromatic carbocycles. The number of para-hydroxylation sites is 2. The van der Waals surface area contributed by atoms with Gasteiger partial charge in [0.25, 0.3) is 5.91 Å². The summed E-state index contributed by atoms with van der Waals surface area (Å²) in [6.45, 7) is 0. The molecule has 2 aromatic heterocycles. The third kappa shape index (κ3) is 4.11. The Balaban J connectivity index is 1.30. The predicted octanol–water partition coefficient (Wildman–Crippen LogP) is 5.02. The van der Waals surface area contributed by atoms with E-state index in [1.807, 2.05) is 60.7 Å². The number of amides is 1. The Bertz CT molecular complexity index is 1310. The van der Waals surface area contributed by atoms with E-state index < -0.39 is 0 Å². The van der Waals surface area contributed by atoms with E-state index in [1.165, 1.54) is 0 Å². The van der Waals surface area contributed by atoms with Crippen LogP contribution in [0.1, 0.15) is 10.4 Å². The first kappa shape index (κ1) is 18.5. The zero-order valence-corrected chi connectivity index (χ0v) is 16.4. The second-order valence-corrected chi connectivity index (χ2v) is 6.91. The summed E-state index contributed by atoms with van der Waals surface area (Å²) in [4.78, 5) is 28.9. The van der Waals surface area contributed by atoms with Gasteiger partial charge in [0.1, 0.15) is 5.82 Å². The number of rotatable bonds is 5. The highest BCUT2D eigenvalue weighted by molar-refractivity contribution is 6.04. The fourth-order valence-corrected chi connectivity index (χ4v) is 3.24. The highest BCUT2D eigenvalue weighted by Crippen LogP contribution is 2.22. The quantitative estimate of drug-likeness (QED) is 0.381. The van der Waals surface area contributed by atoms with Gasteiger partial charge in [-0.15, -0.1) is 0 Å². The van der Waals surface area contributed by atoms with Gasteiger partial charge in [-0.05, 0) is 48.5 Å². The number of hydrogen-bond acceptors (Lipinski definition) is 5. The first-order valence-corrected chi connectivity index (χ1v) is 9.75. The van der Waals surface area contributed by atoms with E-state index in [0.29, 0.717) is 17.2 Å². The number of nitrogens with one attached hydrogen (secondary N) is 3. The van der Waals surface area contributed by atoms with Gasteiger partial charge in [0.2, 0.25) is 5.95 Å². The molecule has 7 nitrogen and oxygen atoms in total. The molecule has 0 spiro atoms. The predicted molar refractivity (Wildman–Crippen MR) is 121 cm³/mol. The van der Waals surface area contributed by atoms with Crippen LogP contribution < -0.4 is 10.6 Å². The molecule has 5 rings (SSSR count). The molecule has 150 valence electrons. The Kier molecular flexibility index (Phi) is 4.82. The summed E-state index contributed by atoms with van der Waals surface area (Å²) >= 11 is 0. The van der Waals surface area contributed by atoms with Crippen molar-refractivity contribution in [2.24, 2.45) is 0 Å². The van der Waals surface area contributed by atoms with Crippen LogP contribution in [0.5, 0.6) is 0 Å². The Hall–Kier alpha value is -4.52. The minimum Gasteiger partial charge on any atom is -0.338 e. The number of aromatic amines is 1. The van der Waals surface area contributed by atoms with Crippen molar-refractivity contribution in [1.82, 2.24) is 19.9 Å². The highest BCUT2D eigenvalue weighted by atomic mass is 16.1. The van der Waals surface area contributed by atoms with Gasteiger partial charge in [0.15, 0.2) is 0 Å². The maximum atomic E-state index is 12.7. The minimum absolute atomic E-state index is 0.190. The van der Waals surface area contributed by atoms with Gasteiger partial charge in [-0.2, -0.15) is 0 Å². The molecule has 0 fully saturated rings. The van der Waals surface area contributed by atoms with E-state index in [0.717, 1.165) is 28.1 Å². The average molecular weight is 406 g/mol. The van der Waals surface area contributed by atoms with Crippen LogP contribution in [0.3, 0.4) is 0 Å². The molecule has 0 radical (unpaired) electrons. The average Bonchev–Trinajstić information content (AvgIpc) is 3.24. The molecule has 5 aromatic rings. The third-order valence-electron chi connectivity index (χ3n) is 4.75. The summed E-state index contributed by atoms with van der Waals surface area (Å²) in [5.41, 5.74) is 4.82. The van der Waals surface area contributed by atoms with Crippen LogP contribution in [0.4, 0.5) is 17.3 Å². The van der Waals surface area contributed by atoms with Crippen molar-refractivity contribution in [3.63, 3.8) is 0 Å². The molecule has 1 amide bonds. The summed E-state index contributed by atoms with van der Waals surface area (Å²) in [5, 5.41) is 6.03. The van der Waals surface area contributed by atoms with E-state index in [-0.39, 0.29) is 5.91 Å². The normalized spacial score (nSPS) is 10.7. The summed E-state index contributed by atoms with van der Waals surface area (Å²) in [5.74, 6) is 1.08. The standard InChI is InChI=1S/C24H18N6O/c31-23(27-18-5-3-6-19(15-18)28-24-25-13-4-14-26-24)17-11-9-16(10-12-17)22-29-20-7-1-2-8-21(20)30-22/h1-15H,(H,27,31)(H,29,30)(H,25,26,28). The van der Waals surface area contributed by atoms with Crippen molar-refractivity contribution in [3.05, 3.63) is 96.8 Å².